The van der Waals surface area contributed by atoms with Crippen LogP contribution in [-0.4, -0.2) is 24.5 Å². The molecule has 0 saturated heterocycles. The van der Waals surface area contributed by atoms with Gasteiger partial charge in [-0.25, -0.2) is 0 Å². The third-order valence-electron chi connectivity index (χ3n) is 5.45. The molecule has 0 aliphatic rings. The molecule has 0 unspecified atom stereocenters. The number of ether oxygens (including phenoxy) is 2. The van der Waals surface area contributed by atoms with Gasteiger partial charge >= 0.3 is 0 Å². The zero-order valence-electron chi connectivity index (χ0n) is 18.5. The highest BCUT2D eigenvalue weighted by Crippen LogP contribution is 2.23. The maximum absolute atomic E-state index is 13.6. The summed E-state index contributed by atoms with van der Waals surface area (Å²) >= 11 is 0. The van der Waals surface area contributed by atoms with E-state index in [0.29, 0.717) is 31.0 Å². The number of methoxy groups -OCH3 is 1. The molecule has 0 aliphatic heterocycles. The van der Waals surface area contributed by atoms with Crippen LogP contribution in [0, 0.1) is 0 Å². The Hall–Kier alpha value is -3.79. The van der Waals surface area contributed by atoms with E-state index in [-0.39, 0.29) is 5.91 Å². The molecule has 0 fully saturated rings. The summed E-state index contributed by atoms with van der Waals surface area (Å²) in [6.45, 7) is 3.49. The predicted octanol–water partition coefficient (Wildman–Crippen LogP) is 6.09. The summed E-state index contributed by atoms with van der Waals surface area (Å²) in [5.41, 5.74) is 2.77. The van der Waals surface area contributed by atoms with Crippen molar-refractivity contribution in [1.29, 1.82) is 0 Å². The second kappa shape index (κ2) is 10.0. The summed E-state index contributed by atoms with van der Waals surface area (Å²) in [6, 6.07) is 29.7. The summed E-state index contributed by atoms with van der Waals surface area (Å²) in [4.78, 5) is 15.5. The zero-order chi connectivity index (χ0) is 22.3. The summed E-state index contributed by atoms with van der Waals surface area (Å²) in [7, 11) is 1.65. The first kappa shape index (κ1) is 21.4. The lowest BCUT2D eigenvalue weighted by atomic mass is 10.0. The lowest BCUT2D eigenvalue weighted by Crippen LogP contribution is -2.30. The van der Waals surface area contributed by atoms with E-state index in [4.69, 9.17) is 9.47 Å². The van der Waals surface area contributed by atoms with Gasteiger partial charge < -0.3 is 14.4 Å². The van der Waals surface area contributed by atoms with E-state index < -0.39 is 0 Å². The lowest BCUT2D eigenvalue weighted by Gasteiger charge is -2.24. The fraction of sp³-hybridized carbons (Fsp3) is 0.179. The monoisotopic (exact) mass is 425 g/mol. The first-order valence-electron chi connectivity index (χ1n) is 10.8. The molecule has 4 aromatic carbocycles. The van der Waals surface area contributed by atoms with Gasteiger partial charge in [-0.15, -0.1) is 0 Å². The Morgan fingerprint density at radius 3 is 2.34 bits per heavy atom. The van der Waals surface area contributed by atoms with E-state index in [0.717, 1.165) is 22.3 Å². The molecule has 4 aromatic rings. The van der Waals surface area contributed by atoms with Crippen LogP contribution in [0.3, 0.4) is 0 Å². The van der Waals surface area contributed by atoms with E-state index in [1.807, 2.05) is 78.6 Å². The summed E-state index contributed by atoms with van der Waals surface area (Å²) in [6.07, 6.45) is 0. The zero-order valence-corrected chi connectivity index (χ0v) is 18.5. The van der Waals surface area contributed by atoms with Crippen LogP contribution >= 0.6 is 0 Å². The first-order valence-corrected chi connectivity index (χ1v) is 10.8. The normalized spacial score (nSPS) is 10.7. The molecule has 32 heavy (non-hydrogen) atoms. The number of rotatable bonds is 8. The van der Waals surface area contributed by atoms with Gasteiger partial charge in [0.1, 0.15) is 11.5 Å². The van der Waals surface area contributed by atoms with E-state index >= 15 is 0 Å². The van der Waals surface area contributed by atoms with Gasteiger partial charge in [-0.1, -0.05) is 60.7 Å². The van der Waals surface area contributed by atoms with Crippen molar-refractivity contribution < 1.29 is 14.3 Å². The quantitative estimate of drug-likeness (QED) is 0.343. The Bertz CT molecular complexity index is 1200. The van der Waals surface area contributed by atoms with Crippen LogP contribution in [0.15, 0.2) is 91.0 Å². The Balaban J connectivity index is 1.68. The largest absolute Gasteiger partial charge is 0.497 e. The van der Waals surface area contributed by atoms with Crippen molar-refractivity contribution in [3.05, 3.63) is 108 Å². The molecule has 0 radical (unpaired) electrons. The highest BCUT2D eigenvalue weighted by Gasteiger charge is 2.18. The summed E-state index contributed by atoms with van der Waals surface area (Å²) < 4.78 is 10.9. The van der Waals surface area contributed by atoms with Gasteiger partial charge in [-0.05, 0) is 59.2 Å². The van der Waals surface area contributed by atoms with Crippen LogP contribution in [0.4, 0.5) is 0 Å². The smallest absolute Gasteiger partial charge is 0.254 e. The Kier molecular flexibility index (Phi) is 6.71. The number of fused-ring (bicyclic) bond motifs is 1. The maximum Gasteiger partial charge on any atom is 0.254 e. The molecule has 4 rings (SSSR count). The Labute approximate surface area is 189 Å². The number of carbonyl (C=O) groups excluding carboxylic acids is 1. The molecule has 162 valence electrons. The number of hydrogen-bond acceptors (Lipinski definition) is 3. The molecule has 0 aromatic heterocycles. The third kappa shape index (κ3) is 4.92. The molecule has 4 heteroatoms. The molecular weight excluding hydrogens is 398 g/mol. The van der Waals surface area contributed by atoms with Gasteiger partial charge in [0.15, 0.2) is 0 Å². The summed E-state index contributed by atoms with van der Waals surface area (Å²) in [5.74, 6) is 1.47. The van der Waals surface area contributed by atoms with Gasteiger partial charge in [-0.2, -0.15) is 0 Å². The molecular formula is C28H27NO3. The third-order valence-corrected chi connectivity index (χ3v) is 5.45. The van der Waals surface area contributed by atoms with Crippen molar-refractivity contribution in [3.8, 4) is 11.5 Å². The molecule has 0 N–H and O–H groups in total. The number of benzene rings is 4. The van der Waals surface area contributed by atoms with Crippen molar-refractivity contribution in [2.45, 2.75) is 20.0 Å². The topological polar surface area (TPSA) is 38.8 Å². The average Bonchev–Trinajstić information content (AvgIpc) is 2.84. The van der Waals surface area contributed by atoms with E-state index in [1.54, 1.807) is 7.11 Å². The molecule has 4 nitrogen and oxygen atoms in total. The highest BCUT2D eigenvalue weighted by atomic mass is 16.5. The van der Waals surface area contributed by atoms with Crippen LogP contribution in [0.2, 0.25) is 0 Å². The minimum atomic E-state index is -0.0321. The van der Waals surface area contributed by atoms with Crippen LogP contribution in [0.1, 0.15) is 28.4 Å². The number of carbonyl (C=O) groups is 1. The second-order valence-corrected chi connectivity index (χ2v) is 7.61. The molecule has 0 spiro atoms. The minimum Gasteiger partial charge on any atom is -0.497 e. The minimum absolute atomic E-state index is 0.0321. The number of amides is 1. The van der Waals surface area contributed by atoms with E-state index in [9.17, 15) is 4.79 Å². The fourth-order valence-electron chi connectivity index (χ4n) is 3.85. The van der Waals surface area contributed by atoms with Crippen molar-refractivity contribution in [2.24, 2.45) is 0 Å². The Morgan fingerprint density at radius 2 is 1.56 bits per heavy atom. The molecule has 0 aliphatic carbocycles. The van der Waals surface area contributed by atoms with Gasteiger partial charge in [0, 0.05) is 18.7 Å². The maximum atomic E-state index is 13.6. The molecule has 0 heterocycles. The van der Waals surface area contributed by atoms with Crippen molar-refractivity contribution >= 4 is 16.7 Å². The molecule has 1 amide bonds. The van der Waals surface area contributed by atoms with Gasteiger partial charge in [0.25, 0.3) is 5.91 Å². The molecule has 0 atom stereocenters. The summed E-state index contributed by atoms with van der Waals surface area (Å²) in [5, 5.41) is 2.32. The average molecular weight is 426 g/mol. The van der Waals surface area contributed by atoms with Crippen LogP contribution in [-0.2, 0) is 13.1 Å². The lowest BCUT2D eigenvalue weighted by molar-refractivity contribution is 0.0730. The number of hydrogen-bond donors (Lipinski definition) is 0. The Morgan fingerprint density at radius 1 is 0.812 bits per heavy atom. The van der Waals surface area contributed by atoms with Crippen LogP contribution < -0.4 is 9.47 Å². The molecule has 0 saturated carbocycles. The number of nitrogens with zero attached hydrogens (tertiary/aromatic N) is 1. The van der Waals surface area contributed by atoms with Crippen molar-refractivity contribution in [1.82, 2.24) is 4.90 Å². The highest BCUT2D eigenvalue weighted by molar-refractivity contribution is 5.95. The second-order valence-electron chi connectivity index (χ2n) is 7.61. The van der Waals surface area contributed by atoms with E-state index in [2.05, 4.69) is 24.3 Å². The van der Waals surface area contributed by atoms with Crippen molar-refractivity contribution in [3.63, 3.8) is 0 Å². The van der Waals surface area contributed by atoms with Gasteiger partial charge in [0.05, 0.1) is 13.7 Å². The predicted molar refractivity (Wildman–Crippen MR) is 128 cm³/mol. The van der Waals surface area contributed by atoms with Crippen LogP contribution in [0.25, 0.3) is 10.8 Å². The van der Waals surface area contributed by atoms with E-state index in [1.165, 1.54) is 5.39 Å². The van der Waals surface area contributed by atoms with Crippen LogP contribution in [0.5, 0.6) is 11.5 Å². The van der Waals surface area contributed by atoms with Crippen molar-refractivity contribution in [2.75, 3.05) is 13.7 Å². The van der Waals surface area contributed by atoms with Gasteiger partial charge in [0.2, 0.25) is 0 Å². The first-order chi connectivity index (χ1) is 15.7. The molecule has 0 bridgehead atoms. The standard InChI is InChI=1S/C28H27NO3/c1-3-32-26-12-7-10-23(18-26)28(30)29(19-21-14-16-25(31-2)17-15-21)20-24-11-6-9-22-8-4-5-13-27(22)24/h4-18H,3,19-20H2,1-2H3. The van der Waals surface area contributed by atoms with Gasteiger partial charge in [-0.3, -0.25) is 4.79 Å². The SMILES string of the molecule is CCOc1cccc(C(=O)N(Cc2ccc(OC)cc2)Cc2cccc3ccccc23)c1. The fourth-order valence-corrected chi connectivity index (χ4v) is 3.85.